The lowest BCUT2D eigenvalue weighted by Crippen LogP contribution is -2.14. The molecule has 1 atom stereocenters. The third kappa shape index (κ3) is 5.01. The average molecular weight is 199 g/mol. The summed E-state index contributed by atoms with van der Waals surface area (Å²) in [5.74, 6) is 3.21. The monoisotopic (exact) mass is 199 g/mol. The van der Waals surface area contributed by atoms with Crippen molar-refractivity contribution in [2.45, 2.75) is 31.6 Å². The first-order chi connectivity index (χ1) is 6.29. The van der Waals surface area contributed by atoms with E-state index < -0.39 is 0 Å². The molecule has 0 aromatic carbocycles. The summed E-state index contributed by atoms with van der Waals surface area (Å²) in [7, 11) is 0. The molecule has 2 N–H and O–H groups in total. The van der Waals surface area contributed by atoms with Crippen LogP contribution in [0.1, 0.15) is 25.5 Å². The Morgan fingerprint density at radius 1 is 1.62 bits per heavy atom. The van der Waals surface area contributed by atoms with Gasteiger partial charge in [0.1, 0.15) is 5.76 Å². The number of thioether (sulfide) groups is 1. The van der Waals surface area contributed by atoms with Crippen LogP contribution in [0.2, 0.25) is 0 Å². The first-order valence-corrected chi connectivity index (χ1v) is 5.80. The number of rotatable bonds is 6. The molecule has 74 valence electrons. The molecule has 0 aliphatic heterocycles. The quantitative estimate of drug-likeness (QED) is 0.716. The molecule has 0 radical (unpaired) electrons. The molecule has 1 aromatic heterocycles. The Bertz CT molecular complexity index is 209. The van der Waals surface area contributed by atoms with Crippen molar-refractivity contribution in [3.63, 3.8) is 0 Å². The maximum Gasteiger partial charge on any atom is 0.113 e. The summed E-state index contributed by atoms with van der Waals surface area (Å²) in [5.41, 5.74) is 5.64. The molecule has 0 saturated carbocycles. The summed E-state index contributed by atoms with van der Waals surface area (Å²) < 4.78 is 5.22. The number of hydrogen-bond donors (Lipinski definition) is 1. The van der Waals surface area contributed by atoms with Gasteiger partial charge in [-0.2, -0.15) is 11.8 Å². The van der Waals surface area contributed by atoms with Gasteiger partial charge >= 0.3 is 0 Å². The maximum absolute atomic E-state index is 5.64. The van der Waals surface area contributed by atoms with Crippen molar-refractivity contribution in [2.24, 2.45) is 5.73 Å². The minimum Gasteiger partial charge on any atom is -0.468 e. The van der Waals surface area contributed by atoms with Crippen LogP contribution in [0.25, 0.3) is 0 Å². The van der Waals surface area contributed by atoms with Crippen LogP contribution in [0.4, 0.5) is 0 Å². The summed E-state index contributed by atoms with van der Waals surface area (Å²) in [6.07, 6.45) is 4.03. The van der Waals surface area contributed by atoms with Crippen LogP contribution in [0.3, 0.4) is 0 Å². The van der Waals surface area contributed by atoms with Crippen molar-refractivity contribution in [3.8, 4) is 0 Å². The third-order valence-electron chi connectivity index (χ3n) is 1.77. The lowest BCUT2D eigenvalue weighted by atomic mass is 10.2. The lowest BCUT2D eigenvalue weighted by molar-refractivity contribution is 0.530. The molecule has 1 unspecified atom stereocenters. The van der Waals surface area contributed by atoms with Crippen molar-refractivity contribution in [1.82, 2.24) is 0 Å². The molecule has 2 nitrogen and oxygen atoms in total. The minimum atomic E-state index is 0.337. The lowest BCUT2D eigenvalue weighted by Gasteiger charge is -2.03. The van der Waals surface area contributed by atoms with E-state index in [-0.39, 0.29) is 0 Å². The highest BCUT2D eigenvalue weighted by Gasteiger charge is 1.97. The first-order valence-electron chi connectivity index (χ1n) is 4.65. The van der Waals surface area contributed by atoms with E-state index >= 15 is 0 Å². The smallest absolute Gasteiger partial charge is 0.113 e. The van der Waals surface area contributed by atoms with Crippen molar-refractivity contribution in [1.29, 1.82) is 0 Å². The Labute approximate surface area is 83.9 Å². The second-order valence-corrected chi connectivity index (χ2v) is 4.36. The van der Waals surface area contributed by atoms with Gasteiger partial charge in [0.25, 0.3) is 0 Å². The second-order valence-electron chi connectivity index (χ2n) is 3.25. The summed E-state index contributed by atoms with van der Waals surface area (Å²) in [5, 5.41) is 0. The van der Waals surface area contributed by atoms with Gasteiger partial charge in [0.05, 0.1) is 12.0 Å². The van der Waals surface area contributed by atoms with Crippen molar-refractivity contribution in [3.05, 3.63) is 24.2 Å². The van der Waals surface area contributed by atoms with Crippen LogP contribution < -0.4 is 5.73 Å². The molecule has 1 rings (SSSR count). The molecule has 0 aliphatic rings. The zero-order valence-corrected chi connectivity index (χ0v) is 8.85. The summed E-state index contributed by atoms with van der Waals surface area (Å²) in [6.45, 7) is 2.05. The molecule has 1 aromatic rings. The van der Waals surface area contributed by atoms with Gasteiger partial charge in [-0.25, -0.2) is 0 Å². The predicted octanol–water partition coefficient (Wildman–Crippen LogP) is 2.64. The van der Waals surface area contributed by atoms with Crippen molar-refractivity contribution >= 4 is 11.8 Å². The van der Waals surface area contributed by atoms with Crippen LogP contribution in [-0.2, 0) is 5.75 Å². The fraction of sp³-hybridized carbons (Fsp3) is 0.600. The molecule has 0 aliphatic carbocycles. The molecule has 0 bridgehead atoms. The Hall–Kier alpha value is -0.410. The fourth-order valence-electron chi connectivity index (χ4n) is 1.07. The maximum atomic E-state index is 5.64. The number of nitrogens with two attached hydrogens (primary N) is 1. The molecular formula is C10H17NOS. The van der Waals surface area contributed by atoms with Gasteiger partial charge < -0.3 is 10.2 Å². The molecule has 0 fully saturated rings. The standard InChI is InChI=1S/C10H17NOS/c1-9(11)4-3-7-13-8-10-5-2-6-12-10/h2,5-6,9H,3-4,7-8,11H2,1H3. The Balaban J connectivity index is 1.96. The SMILES string of the molecule is CC(N)CCCSCc1ccco1. The first kappa shape index (κ1) is 10.7. The summed E-state index contributed by atoms with van der Waals surface area (Å²) >= 11 is 1.90. The highest BCUT2D eigenvalue weighted by Crippen LogP contribution is 2.14. The van der Waals surface area contributed by atoms with E-state index in [4.69, 9.17) is 10.2 Å². The van der Waals surface area contributed by atoms with E-state index in [0.717, 1.165) is 17.9 Å². The third-order valence-corrected chi connectivity index (χ3v) is 2.84. The van der Waals surface area contributed by atoms with Crippen molar-refractivity contribution in [2.75, 3.05) is 5.75 Å². The van der Waals surface area contributed by atoms with E-state index in [1.165, 1.54) is 12.2 Å². The van der Waals surface area contributed by atoms with Gasteiger partial charge in [0.2, 0.25) is 0 Å². The highest BCUT2D eigenvalue weighted by atomic mass is 32.2. The van der Waals surface area contributed by atoms with Gasteiger partial charge in [-0.3, -0.25) is 0 Å². The highest BCUT2D eigenvalue weighted by molar-refractivity contribution is 7.98. The van der Waals surface area contributed by atoms with Crippen LogP contribution in [-0.4, -0.2) is 11.8 Å². The Morgan fingerprint density at radius 3 is 3.08 bits per heavy atom. The van der Waals surface area contributed by atoms with Crippen LogP contribution in [0, 0.1) is 0 Å². The van der Waals surface area contributed by atoms with E-state index in [2.05, 4.69) is 6.92 Å². The molecule has 0 saturated heterocycles. The van der Waals surface area contributed by atoms with E-state index in [9.17, 15) is 0 Å². The topological polar surface area (TPSA) is 39.2 Å². The normalized spacial score (nSPS) is 13.1. The Kier molecular flexibility index (Phi) is 5.01. The molecular weight excluding hydrogens is 182 g/mol. The van der Waals surface area contributed by atoms with Crippen LogP contribution >= 0.6 is 11.8 Å². The Morgan fingerprint density at radius 2 is 2.46 bits per heavy atom. The molecule has 13 heavy (non-hydrogen) atoms. The molecule has 1 heterocycles. The molecule has 0 amide bonds. The van der Waals surface area contributed by atoms with E-state index in [1.807, 2.05) is 23.9 Å². The van der Waals surface area contributed by atoms with E-state index in [1.54, 1.807) is 6.26 Å². The van der Waals surface area contributed by atoms with Crippen LogP contribution in [0.5, 0.6) is 0 Å². The van der Waals surface area contributed by atoms with Gasteiger partial charge in [-0.05, 0) is 37.7 Å². The zero-order valence-electron chi connectivity index (χ0n) is 8.03. The van der Waals surface area contributed by atoms with E-state index in [0.29, 0.717) is 6.04 Å². The van der Waals surface area contributed by atoms with Crippen LogP contribution in [0.15, 0.2) is 22.8 Å². The summed E-state index contributed by atoms with van der Waals surface area (Å²) in [4.78, 5) is 0. The van der Waals surface area contributed by atoms with Gasteiger partial charge in [0.15, 0.2) is 0 Å². The zero-order chi connectivity index (χ0) is 9.52. The fourth-order valence-corrected chi connectivity index (χ4v) is 1.96. The predicted molar refractivity (Wildman–Crippen MR) is 57.8 cm³/mol. The molecule has 3 heteroatoms. The van der Waals surface area contributed by atoms with Crippen molar-refractivity contribution < 1.29 is 4.42 Å². The minimum absolute atomic E-state index is 0.337. The number of furan rings is 1. The van der Waals surface area contributed by atoms with Gasteiger partial charge in [-0.15, -0.1) is 0 Å². The van der Waals surface area contributed by atoms with Gasteiger partial charge in [-0.1, -0.05) is 0 Å². The average Bonchev–Trinajstić information content (AvgIpc) is 2.55. The summed E-state index contributed by atoms with van der Waals surface area (Å²) in [6, 6.07) is 4.28. The molecule has 0 spiro atoms. The number of hydrogen-bond acceptors (Lipinski definition) is 3. The van der Waals surface area contributed by atoms with Gasteiger partial charge in [0, 0.05) is 6.04 Å². The largest absolute Gasteiger partial charge is 0.468 e. The second kappa shape index (κ2) is 6.11.